The van der Waals surface area contributed by atoms with Gasteiger partial charge in [0.2, 0.25) is 0 Å². The Labute approximate surface area is 115 Å². The minimum Gasteiger partial charge on any atom is -0.496 e. The minimum absolute atomic E-state index is 0.209. The Bertz CT molecular complexity index is 418. The Balaban J connectivity index is 2.88. The van der Waals surface area contributed by atoms with Crippen molar-refractivity contribution < 1.29 is 4.74 Å². The Morgan fingerprint density at radius 1 is 1.37 bits per heavy atom. The smallest absolute Gasteiger partial charge is 0.190 e. The van der Waals surface area contributed by atoms with Crippen molar-refractivity contribution in [1.82, 2.24) is 15.5 Å². The summed E-state index contributed by atoms with van der Waals surface area (Å²) in [5.41, 5.74) is 1.16. The number of aliphatic imine (C=N–C) groups is 1. The van der Waals surface area contributed by atoms with Gasteiger partial charge in [-0.3, -0.25) is 4.99 Å². The number of nitrogens with one attached hydrogen (secondary N) is 2. The van der Waals surface area contributed by atoms with Crippen molar-refractivity contribution in [2.24, 2.45) is 4.99 Å². The third-order valence-corrected chi connectivity index (χ3v) is 3.04. The zero-order valence-electron chi connectivity index (χ0n) is 12.4. The lowest BCUT2D eigenvalue weighted by molar-refractivity contribution is 0.288. The maximum absolute atomic E-state index is 5.44. The molecule has 1 rings (SSSR count). The van der Waals surface area contributed by atoms with Gasteiger partial charge in [-0.15, -0.1) is 0 Å². The number of hydrogen-bond acceptors (Lipinski definition) is 3. The van der Waals surface area contributed by atoms with Crippen LogP contribution in [0.3, 0.4) is 0 Å². The fraction of sp³-hybridized carbons (Fsp3) is 0.500. The summed E-state index contributed by atoms with van der Waals surface area (Å²) in [4.78, 5) is 6.28. The van der Waals surface area contributed by atoms with Crippen LogP contribution in [0.25, 0.3) is 0 Å². The van der Waals surface area contributed by atoms with Crippen molar-refractivity contribution in [3.05, 3.63) is 29.8 Å². The SMILES string of the molecule is CN=C(NC)NCC(c1ccccc1OC)N(C)C. The van der Waals surface area contributed by atoms with Gasteiger partial charge in [0, 0.05) is 26.2 Å². The molecule has 0 aliphatic heterocycles. The second-order valence-electron chi connectivity index (χ2n) is 4.42. The molecule has 19 heavy (non-hydrogen) atoms. The van der Waals surface area contributed by atoms with E-state index in [9.17, 15) is 0 Å². The lowest BCUT2D eigenvalue weighted by Crippen LogP contribution is -2.40. The van der Waals surface area contributed by atoms with Gasteiger partial charge in [0.15, 0.2) is 5.96 Å². The molecule has 0 amide bonds. The van der Waals surface area contributed by atoms with Gasteiger partial charge in [-0.05, 0) is 20.2 Å². The lowest BCUT2D eigenvalue weighted by atomic mass is 10.0. The summed E-state index contributed by atoms with van der Waals surface area (Å²) in [6, 6.07) is 8.30. The van der Waals surface area contributed by atoms with Crippen LogP contribution < -0.4 is 15.4 Å². The van der Waals surface area contributed by atoms with Crippen LogP contribution in [-0.2, 0) is 0 Å². The zero-order chi connectivity index (χ0) is 14.3. The summed E-state index contributed by atoms with van der Waals surface area (Å²) >= 11 is 0. The second-order valence-corrected chi connectivity index (χ2v) is 4.42. The van der Waals surface area contributed by atoms with Crippen LogP contribution in [0.4, 0.5) is 0 Å². The Hall–Kier alpha value is -1.75. The third kappa shape index (κ3) is 4.13. The topological polar surface area (TPSA) is 48.9 Å². The molecule has 5 heteroatoms. The molecule has 5 nitrogen and oxygen atoms in total. The van der Waals surface area contributed by atoms with Crippen LogP contribution in [0, 0.1) is 0 Å². The highest BCUT2D eigenvalue weighted by molar-refractivity contribution is 5.79. The number of methoxy groups -OCH3 is 1. The van der Waals surface area contributed by atoms with Gasteiger partial charge in [-0.1, -0.05) is 18.2 Å². The molecule has 0 aromatic heterocycles. The average Bonchev–Trinajstić information content (AvgIpc) is 2.43. The number of benzene rings is 1. The van der Waals surface area contributed by atoms with E-state index in [1.165, 1.54) is 0 Å². The van der Waals surface area contributed by atoms with Crippen LogP contribution in [0.15, 0.2) is 29.3 Å². The normalized spacial score (nSPS) is 13.3. The minimum atomic E-state index is 0.209. The first-order valence-corrected chi connectivity index (χ1v) is 6.31. The molecule has 0 heterocycles. The van der Waals surface area contributed by atoms with E-state index in [4.69, 9.17) is 4.74 Å². The predicted molar refractivity (Wildman–Crippen MR) is 79.8 cm³/mol. The van der Waals surface area contributed by atoms with Gasteiger partial charge in [0.25, 0.3) is 0 Å². The average molecular weight is 264 g/mol. The highest BCUT2D eigenvalue weighted by Gasteiger charge is 2.18. The van der Waals surface area contributed by atoms with E-state index in [1.807, 2.05) is 25.2 Å². The number of ether oxygens (including phenoxy) is 1. The Kier molecular flexibility index (Phi) is 6.15. The Morgan fingerprint density at radius 3 is 2.58 bits per heavy atom. The van der Waals surface area contributed by atoms with E-state index in [1.54, 1.807) is 14.2 Å². The predicted octanol–water partition coefficient (Wildman–Crippen LogP) is 1.09. The van der Waals surface area contributed by atoms with Gasteiger partial charge >= 0.3 is 0 Å². The van der Waals surface area contributed by atoms with E-state index in [0.717, 1.165) is 23.8 Å². The summed E-state index contributed by atoms with van der Waals surface area (Å²) in [6.45, 7) is 0.751. The van der Waals surface area contributed by atoms with E-state index in [0.29, 0.717) is 0 Å². The van der Waals surface area contributed by atoms with Crippen molar-refractivity contribution in [3.8, 4) is 5.75 Å². The van der Waals surface area contributed by atoms with Crippen LogP contribution >= 0.6 is 0 Å². The summed E-state index contributed by atoms with van der Waals surface area (Å²) in [7, 11) is 9.42. The van der Waals surface area contributed by atoms with Crippen LogP contribution in [0.5, 0.6) is 5.75 Å². The van der Waals surface area contributed by atoms with Gasteiger partial charge < -0.3 is 20.3 Å². The molecule has 0 aliphatic carbocycles. The molecule has 106 valence electrons. The molecule has 1 atom stereocenters. The zero-order valence-corrected chi connectivity index (χ0v) is 12.4. The lowest BCUT2D eigenvalue weighted by Gasteiger charge is -2.27. The standard InChI is InChI=1S/C14H24N4O/c1-15-14(16-2)17-10-12(18(3)4)11-8-6-7-9-13(11)19-5/h6-9,12H,10H2,1-5H3,(H2,15,16,17). The molecule has 0 bridgehead atoms. The van der Waals surface area contributed by atoms with E-state index < -0.39 is 0 Å². The van der Waals surface area contributed by atoms with Gasteiger partial charge in [0.1, 0.15) is 5.75 Å². The second kappa shape index (κ2) is 7.63. The van der Waals surface area contributed by atoms with Crippen molar-refractivity contribution in [3.63, 3.8) is 0 Å². The fourth-order valence-corrected chi connectivity index (χ4v) is 1.99. The number of rotatable bonds is 5. The van der Waals surface area contributed by atoms with Crippen molar-refractivity contribution in [2.45, 2.75) is 6.04 Å². The largest absolute Gasteiger partial charge is 0.496 e. The van der Waals surface area contributed by atoms with E-state index >= 15 is 0 Å². The summed E-state index contributed by atoms with van der Waals surface area (Å²) < 4.78 is 5.44. The van der Waals surface area contributed by atoms with Crippen molar-refractivity contribution in [1.29, 1.82) is 0 Å². The monoisotopic (exact) mass is 264 g/mol. The first kappa shape index (κ1) is 15.3. The third-order valence-electron chi connectivity index (χ3n) is 3.04. The molecule has 0 fully saturated rings. The summed E-state index contributed by atoms with van der Waals surface area (Å²) in [5, 5.41) is 6.31. The summed E-state index contributed by atoms with van der Waals surface area (Å²) in [5.74, 6) is 1.68. The van der Waals surface area contributed by atoms with Crippen LogP contribution in [0.2, 0.25) is 0 Å². The Morgan fingerprint density at radius 2 is 2.05 bits per heavy atom. The van der Waals surface area contributed by atoms with E-state index in [-0.39, 0.29) is 6.04 Å². The molecular formula is C14H24N4O. The van der Waals surface area contributed by atoms with Crippen LogP contribution in [0.1, 0.15) is 11.6 Å². The molecule has 0 saturated carbocycles. The van der Waals surface area contributed by atoms with Gasteiger partial charge in [-0.2, -0.15) is 0 Å². The molecule has 1 aromatic rings. The molecule has 1 aromatic carbocycles. The highest BCUT2D eigenvalue weighted by atomic mass is 16.5. The first-order valence-electron chi connectivity index (χ1n) is 6.31. The molecule has 1 unspecified atom stereocenters. The van der Waals surface area contributed by atoms with Gasteiger partial charge in [-0.25, -0.2) is 0 Å². The summed E-state index contributed by atoms with van der Waals surface area (Å²) in [6.07, 6.45) is 0. The maximum atomic E-state index is 5.44. The fourth-order valence-electron chi connectivity index (χ4n) is 1.99. The molecule has 0 radical (unpaired) electrons. The molecule has 0 spiro atoms. The van der Waals surface area contributed by atoms with Crippen molar-refractivity contribution in [2.75, 3.05) is 41.8 Å². The molecule has 2 N–H and O–H groups in total. The molecule has 0 aliphatic rings. The van der Waals surface area contributed by atoms with Crippen LogP contribution in [-0.4, -0.2) is 52.7 Å². The van der Waals surface area contributed by atoms with E-state index in [2.05, 4.69) is 40.7 Å². The number of guanidine groups is 1. The number of likely N-dealkylation sites (N-methyl/N-ethyl adjacent to an activating group) is 1. The molecule has 0 saturated heterocycles. The number of para-hydroxylation sites is 1. The number of hydrogen-bond donors (Lipinski definition) is 2. The van der Waals surface area contributed by atoms with Crippen molar-refractivity contribution >= 4 is 5.96 Å². The maximum Gasteiger partial charge on any atom is 0.190 e. The number of nitrogens with zero attached hydrogens (tertiary/aromatic N) is 2. The van der Waals surface area contributed by atoms with Gasteiger partial charge in [0.05, 0.1) is 13.2 Å². The molecular weight excluding hydrogens is 240 g/mol. The quantitative estimate of drug-likeness (QED) is 0.617. The highest BCUT2D eigenvalue weighted by Crippen LogP contribution is 2.27. The first-order chi connectivity index (χ1) is 9.13.